The summed E-state index contributed by atoms with van der Waals surface area (Å²) >= 11 is 0. The third-order valence-electron chi connectivity index (χ3n) is 17.0. The highest BCUT2D eigenvalue weighted by atomic mass is 16.5. The fraction of sp³-hybridized carbons (Fsp3) is 0.696. The van der Waals surface area contributed by atoms with E-state index in [0.29, 0.717) is 30.2 Å². The van der Waals surface area contributed by atoms with E-state index in [9.17, 15) is 19.5 Å². The number of aliphatic carboxylic acids is 1. The van der Waals surface area contributed by atoms with E-state index in [-0.39, 0.29) is 51.4 Å². The maximum atomic E-state index is 14.6. The lowest BCUT2D eigenvalue weighted by Crippen LogP contribution is -2.67. The molecule has 1 amide bonds. The molecule has 5 aliphatic rings. The van der Waals surface area contributed by atoms with Crippen molar-refractivity contribution in [1.29, 1.82) is 0 Å². The molecule has 1 aromatic heterocycles. The number of benzene rings is 1. The number of nitrogens with zero attached hydrogens (tertiary/aromatic N) is 1. The van der Waals surface area contributed by atoms with Gasteiger partial charge in [0.2, 0.25) is 5.91 Å². The number of aromatic nitrogens is 1. The largest absolute Gasteiger partial charge is 0.481 e. The molecule has 5 aliphatic carbocycles. The van der Waals surface area contributed by atoms with Gasteiger partial charge in [-0.1, -0.05) is 71.0 Å². The molecule has 5 saturated carbocycles. The van der Waals surface area contributed by atoms with Gasteiger partial charge in [0.15, 0.2) is 0 Å². The molecule has 2 aromatic rings. The van der Waals surface area contributed by atoms with E-state index in [1.165, 1.54) is 5.57 Å². The number of ether oxygens (including phenoxy) is 1. The first-order chi connectivity index (χ1) is 24.8. The topological polar surface area (TPSA) is 106 Å². The molecular weight excluding hydrogens is 661 g/mol. The zero-order chi connectivity index (χ0) is 38.4. The molecule has 0 saturated heterocycles. The number of amides is 1. The number of carboxylic acids is 1. The lowest BCUT2D eigenvalue weighted by atomic mass is 9.32. The standard InChI is InChI=1S/C46H64N2O5/c1-28(2)31-18-23-46(39(50)47-27-30-15-14-29-12-10-11-13-33(29)48-30)25-24-44(8)32(38(31)46)16-17-35-43(7)21-20-36(53-37(49)26-41(3,4)40(51)52)42(5,6)34(43)19-22-45(35,44)9/h10-15,31-32,34-36,38H,1,16-27H2,2-9H3,(H,47,50)(H,51,52)/t31-,32+,34-,35+,36-,38+,43-,44+,45+,46-/m0/s1. The van der Waals surface area contributed by atoms with Crippen molar-refractivity contribution in [3.05, 3.63) is 54.2 Å². The van der Waals surface area contributed by atoms with Crippen molar-refractivity contribution in [2.45, 2.75) is 139 Å². The van der Waals surface area contributed by atoms with Gasteiger partial charge >= 0.3 is 11.9 Å². The van der Waals surface area contributed by atoms with E-state index in [1.54, 1.807) is 13.8 Å². The smallest absolute Gasteiger partial charge is 0.309 e. The molecule has 0 radical (unpaired) electrons. The Bertz CT molecular complexity index is 1820. The Morgan fingerprint density at radius 1 is 0.887 bits per heavy atom. The summed E-state index contributed by atoms with van der Waals surface area (Å²) in [6.07, 6.45) is 9.95. The summed E-state index contributed by atoms with van der Waals surface area (Å²) in [5.74, 6) is 0.869. The zero-order valence-electron chi connectivity index (χ0n) is 33.6. The van der Waals surface area contributed by atoms with Crippen LogP contribution in [0.1, 0.15) is 132 Å². The highest BCUT2D eigenvalue weighted by molar-refractivity contribution is 5.84. The van der Waals surface area contributed by atoms with Crippen LogP contribution in [0.3, 0.4) is 0 Å². The second kappa shape index (κ2) is 12.9. The van der Waals surface area contributed by atoms with Crippen LogP contribution in [0.2, 0.25) is 0 Å². The van der Waals surface area contributed by atoms with Gasteiger partial charge < -0.3 is 15.2 Å². The van der Waals surface area contributed by atoms with Crippen LogP contribution in [0.25, 0.3) is 10.9 Å². The van der Waals surface area contributed by atoms with Crippen LogP contribution in [0.5, 0.6) is 0 Å². The van der Waals surface area contributed by atoms with Crippen molar-refractivity contribution in [3.8, 4) is 0 Å². The molecule has 1 heterocycles. The average Bonchev–Trinajstić information content (AvgIpc) is 3.50. The van der Waals surface area contributed by atoms with Crippen molar-refractivity contribution in [2.75, 3.05) is 0 Å². The van der Waals surface area contributed by atoms with Crippen LogP contribution < -0.4 is 5.32 Å². The molecule has 7 rings (SSSR count). The monoisotopic (exact) mass is 724 g/mol. The number of nitrogens with one attached hydrogen (secondary N) is 1. The molecule has 0 spiro atoms. The maximum absolute atomic E-state index is 14.6. The van der Waals surface area contributed by atoms with E-state index in [1.807, 2.05) is 24.3 Å². The lowest BCUT2D eigenvalue weighted by molar-refractivity contribution is -0.249. The molecule has 288 valence electrons. The quantitative estimate of drug-likeness (QED) is 0.207. The molecule has 7 nitrogen and oxygen atoms in total. The summed E-state index contributed by atoms with van der Waals surface area (Å²) in [6.45, 7) is 22.7. The predicted molar refractivity (Wildman–Crippen MR) is 208 cm³/mol. The molecule has 0 bridgehead atoms. The Hall–Kier alpha value is -3.22. The summed E-state index contributed by atoms with van der Waals surface area (Å²) in [4.78, 5) is 44.4. The minimum absolute atomic E-state index is 0.103. The van der Waals surface area contributed by atoms with Crippen molar-refractivity contribution in [2.24, 2.45) is 62.1 Å². The lowest BCUT2D eigenvalue weighted by Gasteiger charge is -2.72. The van der Waals surface area contributed by atoms with Crippen LogP contribution in [0, 0.1) is 62.1 Å². The minimum Gasteiger partial charge on any atom is -0.481 e. The summed E-state index contributed by atoms with van der Waals surface area (Å²) < 4.78 is 6.18. The van der Waals surface area contributed by atoms with Crippen molar-refractivity contribution < 1.29 is 24.2 Å². The number of esters is 1. The number of carbonyl (C=O) groups excluding carboxylic acids is 2. The second-order valence-corrected chi connectivity index (χ2v) is 20.2. The van der Waals surface area contributed by atoms with E-state index in [2.05, 4.69) is 65.6 Å². The summed E-state index contributed by atoms with van der Waals surface area (Å²) in [7, 11) is 0. The molecule has 7 heteroatoms. The van der Waals surface area contributed by atoms with Crippen LogP contribution in [-0.2, 0) is 25.7 Å². The first-order valence-corrected chi connectivity index (χ1v) is 20.5. The SMILES string of the molecule is C=C(C)[C@@H]1CC[C@]2(C(=O)NCc3ccc4ccccc4n3)CC[C@]3(C)[C@H](CC[C@@H]4[C@@]5(C)CC[C@H](OC(=O)CC(C)(C)C(=O)O)C(C)(C)[C@@H]5CC[C@]43C)[C@@H]12. The van der Waals surface area contributed by atoms with Gasteiger partial charge in [-0.25, -0.2) is 0 Å². The zero-order valence-corrected chi connectivity index (χ0v) is 33.6. The number of hydrogen-bond donors (Lipinski definition) is 2. The van der Waals surface area contributed by atoms with Gasteiger partial charge in [-0.3, -0.25) is 19.4 Å². The van der Waals surface area contributed by atoms with Gasteiger partial charge in [0.1, 0.15) is 6.10 Å². The van der Waals surface area contributed by atoms with Crippen LogP contribution >= 0.6 is 0 Å². The number of allylic oxidation sites excluding steroid dienone is 1. The van der Waals surface area contributed by atoms with E-state index in [4.69, 9.17) is 9.72 Å². The molecule has 53 heavy (non-hydrogen) atoms. The molecule has 2 N–H and O–H groups in total. The fourth-order valence-electron chi connectivity index (χ4n) is 13.9. The first-order valence-electron chi connectivity index (χ1n) is 20.5. The number of para-hydroxylation sites is 1. The summed E-state index contributed by atoms with van der Waals surface area (Å²) in [5.41, 5.74) is 1.68. The third kappa shape index (κ3) is 5.79. The molecule has 1 aromatic carbocycles. The van der Waals surface area contributed by atoms with Crippen molar-refractivity contribution in [3.63, 3.8) is 0 Å². The van der Waals surface area contributed by atoms with Gasteiger partial charge in [-0.2, -0.15) is 0 Å². The minimum atomic E-state index is -1.15. The van der Waals surface area contributed by atoms with E-state index >= 15 is 0 Å². The Labute approximate surface area is 317 Å². The summed E-state index contributed by atoms with van der Waals surface area (Å²) in [6, 6.07) is 12.3. The van der Waals surface area contributed by atoms with E-state index in [0.717, 1.165) is 80.8 Å². The highest BCUT2D eigenvalue weighted by Crippen LogP contribution is 2.77. The van der Waals surface area contributed by atoms with E-state index < -0.39 is 17.4 Å². The molecule has 0 unspecified atom stereocenters. The fourth-order valence-corrected chi connectivity index (χ4v) is 13.9. The van der Waals surface area contributed by atoms with Crippen LogP contribution in [0.4, 0.5) is 0 Å². The first kappa shape index (κ1) is 38.1. The Morgan fingerprint density at radius 2 is 1.62 bits per heavy atom. The van der Waals surface area contributed by atoms with Gasteiger partial charge in [-0.15, -0.1) is 0 Å². The van der Waals surface area contributed by atoms with Crippen LogP contribution in [-0.4, -0.2) is 34.0 Å². The van der Waals surface area contributed by atoms with Crippen molar-refractivity contribution >= 4 is 28.7 Å². The molecule has 5 fully saturated rings. The van der Waals surface area contributed by atoms with Gasteiger partial charge in [0, 0.05) is 10.8 Å². The number of carboxylic acid groups (broad SMARTS) is 1. The number of fused-ring (bicyclic) bond motifs is 8. The molecular formula is C46H64N2O5. The number of rotatable bonds is 8. The Kier molecular flexibility index (Phi) is 9.29. The normalized spacial score (nSPS) is 38.8. The third-order valence-corrected chi connectivity index (χ3v) is 17.0. The van der Waals surface area contributed by atoms with Gasteiger partial charge in [-0.05, 0) is 143 Å². The highest BCUT2D eigenvalue weighted by Gasteiger charge is 2.72. The molecule has 10 atom stereocenters. The number of carbonyl (C=O) groups is 3. The van der Waals surface area contributed by atoms with Crippen molar-refractivity contribution in [1.82, 2.24) is 10.3 Å². The Balaban J connectivity index is 1.12. The molecule has 0 aliphatic heterocycles. The number of pyridine rings is 1. The average molecular weight is 725 g/mol. The predicted octanol–water partition coefficient (Wildman–Crippen LogP) is 9.92. The number of hydrogen-bond acceptors (Lipinski definition) is 5. The maximum Gasteiger partial charge on any atom is 0.309 e. The second-order valence-electron chi connectivity index (χ2n) is 20.2. The van der Waals surface area contributed by atoms with Crippen LogP contribution in [0.15, 0.2) is 48.6 Å². The van der Waals surface area contributed by atoms with Gasteiger partial charge in [0.05, 0.1) is 35.0 Å². The Morgan fingerprint density at radius 3 is 2.34 bits per heavy atom. The van der Waals surface area contributed by atoms with Gasteiger partial charge in [0.25, 0.3) is 0 Å². The summed E-state index contributed by atoms with van der Waals surface area (Å²) in [5, 5.41) is 14.1.